The maximum absolute atomic E-state index is 14.9. The smallest absolute Gasteiger partial charge is 0.247 e. The monoisotopic (exact) mass is 460 g/mol. The zero-order valence-corrected chi connectivity index (χ0v) is 18.6. The van der Waals surface area contributed by atoms with E-state index in [1.165, 1.54) is 11.0 Å². The van der Waals surface area contributed by atoms with Gasteiger partial charge >= 0.3 is 0 Å². The van der Waals surface area contributed by atoms with Crippen LogP contribution in [-0.2, 0) is 15.0 Å². The lowest BCUT2D eigenvalue weighted by Crippen LogP contribution is -2.52. The van der Waals surface area contributed by atoms with E-state index in [1.807, 2.05) is 6.92 Å². The number of para-hydroxylation sites is 1. The molecule has 8 heteroatoms. The van der Waals surface area contributed by atoms with E-state index >= 15 is 0 Å². The fourth-order valence-corrected chi connectivity index (χ4v) is 5.51. The molecule has 0 unspecified atom stereocenters. The second-order valence-electron chi connectivity index (χ2n) is 8.63. The van der Waals surface area contributed by atoms with Crippen LogP contribution in [0.25, 0.3) is 0 Å². The van der Waals surface area contributed by atoms with Gasteiger partial charge < -0.3 is 10.6 Å². The van der Waals surface area contributed by atoms with Gasteiger partial charge in [-0.3, -0.25) is 14.5 Å². The van der Waals surface area contributed by atoms with Crippen LogP contribution < -0.4 is 15.5 Å². The van der Waals surface area contributed by atoms with Crippen LogP contribution >= 0.6 is 0 Å². The van der Waals surface area contributed by atoms with Gasteiger partial charge in [0.05, 0.1) is 11.3 Å². The van der Waals surface area contributed by atoms with Crippen molar-refractivity contribution in [3.63, 3.8) is 0 Å². The number of carbonyl (C=O) groups excluding carboxylic acids is 2. The number of carbonyl (C=O) groups is 2. The van der Waals surface area contributed by atoms with Crippen molar-refractivity contribution in [1.29, 1.82) is 5.26 Å². The molecule has 2 aromatic carbocycles. The first-order valence-electron chi connectivity index (χ1n) is 11.2. The van der Waals surface area contributed by atoms with Crippen molar-refractivity contribution in [2.24, 2.45) is 5.73 Å². The lowest BCUT2D eigenvalue weighted by atomic mass is 9.63. The molecule has 1 amide bonds. The molecular weight excluding hydrogens is 438 g/mol. The SMILES string of the molecule is CCCN1C(=O)[C@]2(C(C#N)=C(N)N(c3ccc(F)cc3F)C3=C2C(=O)CCC3)c2ccccc21. The maximum atomic E-state index is 14.9. The van der Waals surface area contributed by atoms with E-state index < -0.39 is 23.0 Å². The molecule has 172 valence electrons. The minimum absolute atomic E-state index is 0.0761. The number of fused-ring (bicyclic) bond motifs is 3. The van der Waals surface area contributed by atoms with E-state index in [0.29, 0.717) is 42.8 Å². The normalized spacial score (nSPS) is 21.8. The summed E-state index contributed by atoms with van der Waals surface area (Å²) in [6.07, 6.45) is 1.70. The van der Waals surface area contributed by atoms with Gasteiger partial charge in [-0.05, 0) is 37.5 Å². The van der Waals surface area contributed by atoms with Gasteiger partial charge in [0.2, 0.25) is 5.91 Å². The number of nitriles is 1. The zero-order chi connectivity index (χ0) is 24.2. The van der Waals surface area contributed by atoms with Crippen LogP contribution in [0.1, 0.15) is 38.2 Å². The largest absolute Gasteiger partial charge is 0.384 e. The van der Waals surface area contributed by atoms with Crippen molar-refractivity contribution < 1.29 is 18.4 Å². The number of amides is 1. The maximum Gasteiger partial charge on any atom is 0.247 e. The van der Waals surface area contributed by atoms with Crippen molar-refractivity contribution in [3.05, 3.63) is 82.3 Å². The van der Waals surface area contributed by atoms with Crippen LogP contribution in [-0.4, -0.2) is 18.2 Å². The van der Waals surface area contributed by atoms with E-state index in [1.54, 1.807) is 29.2 Å². The molecule has 2 N–H and O–H groups in total. The summed E-state index contributed by atoms with van der Waals surface area (Å²) >= 11 is 0. The Balaban J connectivity index is 1.88. The van der Waals surface area contributed by atoms with Crippen molar-refractivity contribution >= 4 is 23.1 Å². The number of anilines is 2. The Hall–Kier alpha value is -3.99. The molecule has 2 aromatic rings. The lowest BCUT2D eigenvalue weighted by molar-refractivity contribution is -0.124. The van der Waals surface area contributed by atoms with E-state index in [2.05, 4.69) is 6.07 Å². The molecule has 6 nitrogen and oxygen atoms in total. The van der Waals surface area contributed by atoms with Crippen LogP contribution in [0.5, 0.6) is 0 Å². The molecule has 2 aliphatic heterocycles. The highest BCUT2D eigenvalue weighted by molar-refractivity contribution is 6.20. The van der Waals surface area contributed by atoms with Crippen LogP contribution in [0.4, 0.5) is 20.2 Å². The first-order valence-corrected chi connectivity index (χ1v) is 11.2. The van der Waals surface area contributed by atoms with Gasteiger partial charge in [-0.25, -0.2) is 8.78 Å². The predicted molar refractivity (Wildman–Crippen MR) is 122 cm³/mol. The summed E-state index contributed by atoms with van der Waals surface area (Å²) < 4.78 is 28.6. The second kappa shape index (κ2) is 7.80. The van der Waals surface area contributed by atoms with Gasteiger partial charge in [-0.2, -0.15) is 5.26 Å². The Labute approximate surface area is 195 Å². The molecule has 0 fully saturated rings. The minimum atomic E-state index is -1.69. The Morgan fingerprint density at radius 2 is 1.88 bits per heavy atom. The van der Waals surface area contributed by atoms with Gasteiger partial charge in [0, 0.05) is 41.6 Å². The third-order valence-electron chi connectivity index (χ3n) is 6.78. The molecular formula is C26H22F2N4O2. The molecule has 1 spiro atoms. The van der Waals surface area contributed by atoms with Crippen LogP contribution in [0.15, 0.2) is 65.1 Å². The van der Waals surface area contributed by atoms with Gasteiger partial charge in [-0.1, -0.05) is 25.1 Å². The number of hydrogen-bond acceptors (Lipinski definition) is 5. The topological polar surface area (TPSA) is 90.4 Å². The van der Waals surface area contributed by atoms with Gasteiger partial charge in [0.25, 0.3) is 0 Å². The predicted octanol–water partition coefficient (Wildman–Crippen LogP) is 4.18. The number of halogens is 2. The van der Waals surface area contributed by atoms with Crippen molar-refractivity contribution in [1.82, 2.24) is 0 Å². The highest BCUT2D eigenvalue weighted by Gasteiger charge is 2.62. The van der Waals surface area contributed by atoms with E-state index in [9.17, 15) is 23.6 Å². The highest BCUT2D eigenvalue weighted by Crippen LogP contribution is 2.56. The van der Waals surface area contributed by atoms with Crippen molar-refractivity contribution in [3.8, 4) is 6.07 Å². The summed E-state index contributed by atoms with van der Waals surface area (Å²) in [5, 5.41) is 10.3. The zero-order valence-electron chi connectivity index (χ0n) is 18.6. The number of allylic oxidation sites excluding steroid dienone is 1. The second-order valence-corrected chi connectivity index (χ2v) is 8.63. The van der Waals surface area contributed by atoms with Gasteiger partial charge in [0.15, 0.2) is 5.78 Å². The number of benzene rings is 2. The van der Waals surface area contributed by atoms with E-state index in [4.69, 9.17) is 5.73 Å². The molecule has 1 aliphatic carbocycles. The summed E-state index contributed by atoms with van der Waals surface area (Å²) in [4.78, 5) is 30.6. The van der Waals surface area contributed by atoms with Gasteiger partial charge in [-0.15, -0.1) is 0 Å². The Morgan fingerprint density at radius 1 is 1.12 bits per heavy atom. The average molecular weight is 460 g/mol. The fraction of sp³-hybridized carbons (Fsp3) is 0.269. The number of hydrogen-bond donors (Lipinski definition) is 1. The number of nitrogens with two attached hydrogens (primary N) is 1. The molecule has 1 atom stereocenters. The van der Waals surface area contributed by atoms with E-state index in [-0.39, 0.29) is 34.9 Å². The van der Waals surface area contributed by atoms with E-state index in [0.717, 1.165) is 12.1 Å². The average Bonchev–Trinajstić information content (AvgIpc) is 3.05. The molecule has 0 radical (unpaired) electrons. The molecule has 2 heterocycles. The van der Waals surface area contributed by atoms with Crippen molar-refractivity contribution in [2.75, 3.05) is 16.3 Å². The van der Waals surface area contributed by atoms with Crippen LogP contribution in [0.2, 0.25) is 0 Å². The summed E-state index contributed by atoms with van der Waals surface area (Å²) in [5.74, 6) is -2.47. The summed E-state index contributed by atoms with van der Waals surface area (Å²) in [5.41, 5.74) is 6.32. The quantitative estimate of drug-likeness (QED) is 0.742. The summed E-state index contributed by atoms with van der Waals surface area (Å²) in [6, 6.07) is 12.2. The van der Waals surface area contributed by atoms with Crippen molar-refractivity contribution in [2.45, 2.75) is 38.0 Å². The lowest BCUT2D eigenvalue weighted by Gasteiger charge is -2.43. The Morgan fingerprint density at radius 3 is 2.59 bits per heavy atom. The first kappa shape index (κ1) is 21.8. The standard InChI is InChI=1S/C26H22F2N4O2/c1-2-12-31-19-7-4-3-6-16(19)26(25(31)34)17(14-29)24(30)32(20-11-10-15(27)13-18(20)28)21-8-5-9-22(33)23(21)26/h3-4,6-7,10-11,13H,2,5,8-9,12,30H2,1H3/t26-/m0/s1. The fourth-order valence-electron chi connectivity index (χ4n) is 5.51. The Kier molecular flexibility index (Phi) is 5.01. The number of ketones is 1. The molecule has 34 heavy (non-hydrogen) atoms. The number of rotatable bonds is 3. The molecule has 3 aliphatic rings. The molecule has 0 saturated heterocycles. The van der Waals surface area contributed by atoms with Crippen LogP contribution in [0.3, 0.4) is 0 Å². The Bertz CT molecular complexity index is 1360. The summed E-state index contributed by atoms with van der Waals surface area (Å²) in [6.45, 7) is 2.34. The van der Waals surface area contributed by atoms with Crippen LogP contribution in [0, 0.1) is 23.0 Å². The number of nitrogens with zero attached hydrogens (tertiary/aromatic N) is 3. The first-order chi connectivity index (χ1) is 16.4. The van der Waals surface area contributed by atoms with Gasteiger partial charge in [0.1, 0.15) is 28.9 Å². The molecule has 5 rings (SSSR count). The molecule has 0 aromatic heterocycles. The number of Topliss-reactive ketones (excluding diaryl/α,β-unsaturated/α-hetero) is 1. The summed E-state index contributed by atoms with van der Waals surface area (Å²) in [7, 11) is 0. The third-order valence-corrected chi connectivity index (χ3v) is 6.78. The third kappa shape index (κ3) is 2.70. The molecule has 0 saturated carbocycles. The molecule has 0 bridgehead atoms. The highest BCUT2D eigenvalue weighted by atomic mass is 19.1. The minimum Gasteiger partial charge on any atom is -0.384 e.